The molecule has 4 heteroatoms. The zero-order valence-electron chi connectivity index (χ0n) is 12.1. The summed E-state index contributed by atoms with van der Waals surface area (Å²) in [5.41, 5.74) is 10.2. The topological polar surface area (TPSA) is 61.0 Å². The molecule has 20 heavy (non-hydrogen) atoms. The Balaban J connectivity index is 2.07. The number of nitrogens with zero attached hydrogens (tertiary/aromatic N) is 2. The maximum absolute atomic E-state index is 6.18. The minimum absolute atomic E-state index is 0.300. The van der Waals surface area contributed by atoms with Gasteiger partial charge in [0.15, 0.2) is 0 Å². The van der Waals surface area contributed by atoms with Gasteiger partial charge in [-0.05, 0) is 56.0 Å². The van der Waals surface area contributed by atoms with E-state index >= 15 is 0 Å². The first kappa shape index (κ1) is 13.1. The van der Waals surface area contributed by atoms with E-state index in [1.807, 2.05) is 19.1 Å². The highest BCUT2D eigenvalue weighted by Gasteiger charge is 2.43. The lowest BCUT2D eigenvalue weighted by molar-refractivity contribution is 0.411. The minimum atomic E-state index is -0.300. The first-order valence-electron chi connectivity index (χ1n) is 6.81. The lowest BCUT2D eigenvalue weighted by Crippen LogP contribution is -2.22. The maximum atomic E-state index is 6.18. The molecule has 2 aromatic rings. The first-order chi connectivity index (χ1) is 9.53. The van der Waals surface area contributed by atoms with Crippen LogP contribution in [0.25, 0.3) is 11.3 Å². The van der Waals surface area contributed by atoms with Crippen molar-refractivity contribution < 1.29 is 4.74 Å². The van der Waals surface area contributed by atoms with Crippen LogP contribution in [0.1, 0.15) is 29.8 Å². The molecule has 0 spiro atoms. The standard InChI is InChI=1S/C16H19N3O/c1-10-9-14(20-3)11(2)8-12(10)13-4-7-18-15(19-13)16(17)5-6-16/h4,7-9H,5-6,17H2,1-3H3. The third-order valence-corrected chi connectivity index (χ3v) is 3.91. The molecule has 0 radical (unpaired) electrons. The van der Waals surface area contributed by atoms with Crippen LogP contribution >= 0.6 is 0 Å². The molecule has 0 aliphatic heterocycles. The van der Waals surface area contributed by atoms with E-state index in [2.05, 4.69) is 23.0 Å². The van der Waals surface area contributed by atoms with Gasteiger partial charge >= 0.3 is 0 Å². The largest absolute Gasteiger partial charge is 0.496 e. The molecule has 1 aromatic carbocycles. The molecular weight excluding hydrogens is 250 g/mol. The molecule has 1 aromatic heterocycles. The Morgan fingerprint density at radius 3 is 2.60 bits per heavy atom. The van der Waals surface area contributed by atoms with E-state index in [9.17, 15) is 0 Å². The van der Waals surface area contributed by atoms with Gasteiger partial charge < -0.3 is 10.5 Å². The molecule has 1 aliphatic rings. The number of ether oxygens (including phenoxy) is 1. The van der Waals surface area contributed by atoms with Crippen LogP contribution in [0.2, 0.25) is 0 Å². The SMILES string of the molecule is COc1cc(C)c(-c2ccnc(C3(N)CC3)n2)cc1C. The van der Waals surface area contributed by atoms with Crippen LogP contribution in [0.5, 0.6) is 5.75 Å². The van der Waals surface area contributed by atoms with E-state index in [-0.39, 0.29) is 5.54 Å². The van der Waals surface area contributed by atoms with Gasteiger partial charge in [0, 0.05) is 11.8 Å². The Hall–Kier alpha value is -1.94. The summed E-state index contributed by atoms with van der Waals surface area (Å²) in [4.78, 5) is 8.98. The second-order valence-corrected chi connectivity index (χ2v) is 5.56. The minimum Gasteiger partial charge on any atom is -0.496 e. The summed E-state index contributed by atoms with van der Waals surface area (Å²) in [6.07, 6.45) is 3.73. The Kier molecular flexibility index (Phi) is 2.98. The van der Waals surface area contributed by atoms with Gasteiger partial charge in [-0.2, -0.15) is 0 Å². The van der Waals surface area contributed by atoms with Crippen molar-refractivity contribution in [1.29, 1.82) is 0 Å². The van der Waals surface area contributed by atoms with Gasteiger partial charge in [0.25, 0.3) is 0 Å². The van der Waals surface area contributed by atoms with Crippen LogP contribution in [-0.4, -0.2) is 17.1 Å². The van der Waals surface area contributed by atoms with Crippen molar-refractivity contribution in [2.24, 2.45) is 5.73 Å². The zero-order valence-corrected chi connectivity index (χ0v) is 12.1. The Bertz CT molecular complexity index is 663. The van der Waals surface area contributed by atoms with Crippen LogP contribution in [-0.2, 0) is 5.54 Å². The van der Waals surface area contributed by atoms with Gasteiger partial charge in [0.05, 0.1) is 18.3 Å². The molecule has 3 rings (SSSR count). The maximum Gasteiger partial charge on any atom is 0.148 e. The molecule has 0 saturated heterocycles. The summed E-state index contributed by atoms with van der Waals surface area (Å²) in [5.74, 6) is 1.65. The number of benzene rings is 1. The van der Waals surface area contributed by atoms with E-state index in [1.54, 1.807) is 13.3 Å². The predicted octanol–water partition coefficient (Wildman–Crippen LogP) is 2.72. The van der Waals surface area contributed by atoms with Crippen molar-refractivity contribution in [3.05, 3.63) is 41.3 Å². The van der Waals surface area contributed by atoms with Crippen LogP contribution in [0.3, 0.4) is 0 Å². The van der Waals surface area contributed by atoms with Gasteiger partial charge in [0.1, 0.15) is 11.6 Å². The highest BCUT2D eigenvalue weighted by atomic mass is 16.5. The van der Waals surface area contributed by atoms with Crippen molar-refractivity contribution in [3.63, 3.8) is 0 Å². The number of hydrogen-bond donors (Lipinski definition) is 1. The molecule has 0 unspecified atom stereocenters. The van der Waals surface area contributed by atoms with Gasteiger partial charge in [-0.15, -0.1) is 0 Å². The summed E-state index contributed by atoms with van der Waals surface area (Å²) in [6, 6.07) is 6.08. The fourth-order valence-corrected chi connectivity index (χ4v) is 2.39. The Morgan fingerprint density at radius 2 is 1.95 bits per heavy atom. The molecule has 2 N–H and O–H groups in total. The van der Waals surface area contributed by atoms with Gasteiger partial charge in [-0.25, -0.2) is 9.97 Å². The molecule has 1 heterocycles. The molecule has 0 atom stereocenters. The highest BCUT2D eigenvalue weighted by Crippen LogP contribution is 2.41. The smallest absolute Gasteiger partial charge is 0.148 e. The average molecular weight is 269 g/mol. The van der Waals surface area contributed by atoms with Crippen LogP contribution in [0, 0.1) is 13.8 Å². The molecule has 1 saturated carbocycles. The van der Waals surface area contributed by atoms with E-state index in [0.717, 1.165) is 46.8 Å². The van der Waals surface area contributed by atoms with Gasteiger partial charge in [-0.1, -0.05) is 0 Å². The number of methoxy groups -OCH3 is 1. The van der Waals surface area contributed by atoms with E-state index in [1.165, 1.54) is 0 Å². The Morgan fingerprint density at radius 1 is 1.20 bits per heavy atom. The second kappa shape index (κ2) is 4.56. The molecule has 1 aliphatic carbocycles. The summed E-state index contributed by atoms with van der Waals surface area (Å²) < 4.78 is 5.35. The van der Waals surface area contributed by atoms with Gasteiger partial charge in [0.2, 0.25) is 0 Å². The summed E-state index contributed by atoms with van der Waals surface area (Å²) >= 11 is 0. The fraction of sp³-hybridized carbons (Fsp3) is 0.375. The Labute approximate surface area is 119 Å². The number of hydrogen-bond acceptors (Lipinski definition) is 4. The van der Waals surface area contributed by atoms with Crippen molar-refractivity contribution in [2.75, 3.05) is 7.11 Å². The van der Waals surface area contributed by atoms with E-state index in [0.29, 0.717) is 0 Å². The predicted molar refractivity (Wildman–Crippen MR) is 78.6 cm³/mol. The molecule has 104 valence electrons. The van der Waals surface area contributed by atoms with E-state index < -0.39 is 0 Å². The monoisotopic (exact) mass is 269 g/mol. The fourth-order valence-electron chi connectivity index (χ4n) is 2.39. The summed E-state index contributed by atoms with van der Waals surface area (Å²) in [5, 5.41) is 0. The first-order valence-corrected chi connectivity index (χ1v) is 6.81. The zero-order chi connectivity index (χ0) is 14.3. The van der Waals surface area contributed by atoms with Crippen LogP contribution in [0.15, 0.2) is 24.4 Å². The van der Waals surface area contributed by atoms with Crippen molar-refractivity contribution in [1.82, 2.24) is 9.97 Å². The molecule has 0 bridgehead atoms. The normalized spacial score (nSPS) is 16.0. The lowest BCUT2D eigenvalue weighted by Gasteiger charge is -2.13. The highest BCUT2D eigenvalue weighted by molar-refractivity contribution is 5.66. The van der Waals surface area contributed by atoms with Gasteiger partial charge in [-0.3, -0.25) is 0 Å². The summed E-state index contributed by atoms with van der Waals surface area (Å²) in [6.45, 7) is 4.10. The van der Waals surface area contributed by atoms with Crippen LogP contribution < -0.4 is 10.5 Å². The second-order valence-electron chi connectivity index (χ2n) is 5.56. The number of aryl methyl sites for hydroxylation is 2. The molecule has 0 amide bonds. The quantitative estimate of drug-likeness (QED) is 0.930. The van der Waals surface area contributed by atoms with Crippen molar-refractivity contribution in [3.8, 4) is 17.0 Å². The molecule has 1 fully saturated rings. The average Bonchev–Trinajstić information content (AvgIpc) is 3.20. The third kappa shape index (κ3) is 2.16. The molecule has 4 nitrogen and oxygen atoms in total. The number of nitrogens with two attached hydrogens (primary N) is 1. The van der Waals surface area contributed by atoms with Crippen molar-refractivity contribution >= 4 is 0 Å². The lowest BCUT2D eigenvalue weighted by atomic mass is 10.0. The number of aromatic nitrogens is 2. The van der Waals surface area contributed by atoms with E-state index in [4.69, 9.17) is 10.5 Å². The van der Waals surface area contributed by atoms with Crippen molar-refractivity contribution in [2.45, 2.75) is 32.2 Å². The molecular formula is C16H19N3O. The van der Waals surface area contributed by atoms with Crippen LogP contribution in [0.4, 0.5) is 0 Å². The summed E-state index contributed by atoms with van der Waals surface area (Å²) in [7, 11) is 1.69. The third-order valence-electron chi connectivity index (χ3n) is 3.91. The number of rotatable bonds is 3.